The van der Waals surface area contributed by atoms with Crippen LogP contribution < -0.4 is 0 Å². The molecule has 1 aromatic heterocycles. The second-order valence-electron chi connectivity index (χ2n) is 6.72. The second-order valence-corrected chi connectivity index (χ2v) is 6.72. The number of hydrogen-bond donors (Lipinski definition) is 1. The quantitative estimate of drug-likeness (QED) is 0.940. The molecule has 21 heavy (non-hydrogen) atoms. The number of benzene rings is 1. The lowest BCUT2D eigenvalue weighted by molar-refractivity contribution is 0.0431. The molecule has 2 aromatic rings. The van der Waals surface area contributed by atoms with E-state index in [4.69, 9.17) is 0 Å². The maximum atomic E-state index is 9.61. The molecule has 1 N–H and O–H groups in total. The van der Waals surface area contributed by atoms with Crippen molar-refractivity contribution in [3.05, 3.63) is 41.6 Å². The molecule has 112 valence electrons. The van der Waals surface area contributed by atoms with E-state index in [1.165, 1.54) is 17.4 Å². The largest absolute Gasteiger partial charge is 0.396 e. The van der Waals surface area contributed by atoms with E-state index in [0.717, 1.165) is 37.3 Å². The summed E-state index contributed by atoms with van der Waals surface area (Å²) in [6.07, 6.45) is 2.29. The second kappa shape index (κ2) is 5.74. The summed E-state index contributed by atoms with van der Waals surface area (Å²) in [4.78, 5) is 7.09. The molecule has 3 rings (SSSR count). The molecule has 1 aromatic carbocycles. The Morgan fingerprint density at radius 3 is 2.95 bits per heavy atom. The summed E-state index contributed by atoms with van der Waals surface area (Å²) in [6.45, 7) is 7.56. The van der Waals surface area contributed by atoms with Crippen molar-refractivity contribution in [2.24, 2.45) is 5.41 Å². The third-order valence-corrected chi connectivity index (χ3v) is 4.57. The van der Waals surface area contributed by atoms with E-state index in [1.807, 2.05) is 6.07 Å². The number of piperidine rings is 1. The monoisotopic (exact) mass is 284 g/mol. The van der Waals surface area contributed by atoms with Crippen LogP contribution in [0.1, 0.15) is 31.0 Å². The molecule has 0 bridgehead atoms. The van der Waals surface area contributed by atoms with Crippen molar-refractivity contribution in [1.29, 1.82) is 0 Å². The number of aryl methyl sites for hydroxylation is 1. The normalized spacial score (nSPS) is 23.6. The number of aliphatic hydroxyl groups is 1. The first-order valence-corrected chi connectivity index (χ1v) is 7.78. The molecule has 1 unspecified atom stereocenters. The van der Waals surface area contributed by atoms with Crippen molar-refractivity contribution in [3.8, 4) is 0 Å². The van der Waals surface area contributed by atoms with Crippen molar-refractivity contribution in [2.45, 2.75) is 33.2 Å². The van der Waals surface area contributed by atoms with Gasteiger partial charge in [-0.15, -0.1) is 0 Å². The molecule has 1 aliphatic heterocycles. The van der Waals surface area contributed by atoms with Crippen LogP contribution in [0.2, 0.25) is 0 Å². The van der Waals surface area contributed by atoms with E-state index < -0.39 is 0 Å². The average molecular weight is 284 g/mol. The minimum Gasteiger partial charge on any atom is -0.396 e. The van der Waals surface area contributed by atoms with Gasteiger partial charge in [-0.2, -0.15) is 0 Å². The fourth-order valence-electron chi connectivity index (χ4n) is 3.46. The van der Waals surface area contributed by atoms with Crippen LogP contribution in [0, 0.1) is 12.3 Å². The minimum atomic E-state index is 0.0517. The minimum absolute atomic E-state index is 0.0517. The molecule has 2 heterocycles. The van der Waals surface area contributed by atoms with Gasteiger partial charge in [0, 0.05) is 36.2 Å². The Morgan fingerprint density at radius 2 is 2.14 bits per heavy atom. The van der Waals surface area contributed by atoms with Crippen LogP contribution in [-0.4, -0.2) is 34.7 Å². The van der Waals surface area contributed by atoms with Crippen molar-refractivity contribution in [1.82, 2.24) is 9.88 Å². The summed E-state index contributed by atoms with van der Waals surface area (Å²) in [6, 6.07) is 10.6. The summed E-state index contributed by atoms with van der Waals surface area (Å²) in [5.41, 5.74) is 3.55. The van der Waals surface area contributed by atoms with E-state index in [9.17, 15) is 5.11 Å². The molecule has 1 aliphatic rings. The predicted octanol–water partition coefficient (Wildman–Crippen LogP) is 3.14. The fraction of sp³-hybridized carbons (Fsp3) is 0.500. The number of hydrogen-bond acceptors (Lipinski definition) is 3. The molecule has 1 saturated heterocycles. The highest BCUT2D eigenvalue weighted by atomic mass is 16.3. The Balaban J connectivity index is 1.88. The first kappa shape index (κ1) is 14.5. The number of aromatic nitrogens is 1. The number of fused-ring (bicyclic) bond motifs is 1. The van der Waals surface area contributed by atoms with Gasteiger partial charge >= 0.3 is 0 Å². The molecule has 0 amide bonds. The maximum absolute atomic E-state index is 9.61. The first-order valence-electron chi connectivity index (χ1n) is 7.78. The van der Waals surface area contributed by atoms with E-state index in [1.54, 1.807) is 0 Å². The van der Waals surface area contributed by atoms with Gasteiger partial charge in [0.2, 0.25) is 0 Å². The summed E-state index contributed by atoms with van der Waals surface area (Å²) < 4.78 is 0. The third kappa shape index (κ3) is 3.09. The third-order valence-electron chi connectivity index (χ3n) is 4.57. The van der Waals surface area contributed by atoms with E-state index in [2.05, 4.69) is 48.0 Å². The summed E-state index contributed by atoms with van der Waals surface area (Å²) in [7, 11) is 0. The van der Waals surface area contributed by atoms with Crippen molar-refractivity contribution in [2.75, 3.05) is 19.7 Å². The van der Waals surface area contributed by atoms with Gasteiger partial charge in [0.05, 0.1) is 5.52 Å². The Morgan fingerprint density at radius 1 is 1.33 bits per heavy atom. The van der Waals surface area contributed by atoms with Gasteiger partial charge in [-0.25, -0.2) is 0 Å². The van der Waals surface area contributed by atoms with E-state index >= 15 is 0 Å². The number of para-hydroxylation sites is 1. The number of likely N-dealkylation sites (tertiary alicyclic amines) is 1. The van der Waals surface area contributed by atoms with Crippen LogP contribution in [0.3, 0.4) is 0 Å². The average Bonchev–Trinajstić information content (AvgIpc) is 2.47. The standard InChI is InChI=1S/C18H24N2O/c1-14-10-15(16-6-3-4-7-17(16)19-14)11-20-9-5-8-18(2,12-20)13-21/h3-4,6-7,10,21H,5,8-9,11-13H2,1-2H3. The highest BCUT2D eigenvalue weighted by Gasteiger charge is 2.30. The van der Waals surface area contributed by atoms with Gasteiger partial charge in [0.1, 0.15) is 0 Å². The number of nitrogens with zero attached hydrogens (tertiary/aromatic N) is 2. The van der Waals surface area contributed by atoms with Crippen LogP contribution in [0.4, 0.5) is 0 Å². The predicted molar refractivity (Wildman–Crippen MR) is 86.2 cm³/mol. The number of rotatable bonds is 3. The SMILES string of the molecule is Cc1cc(CN2CCCC(C)(CO)C2)c2ccccc2n1. The fourth-order valence-corrected chi connectivity index (χ4v) is 3.46. The zero-order chi connectivity index (χ0) is 14.9. The zero-order valence-electron chi connectivity index (χ0n) is 13.0. The van der Waals surface area contributed by atoms with Crippen LogP contribution in [0.5, 0.6) is 0 Å². The highest BCUT2D eigenvalue weighted by Crippen LogP contribution is 2.30. The van der Waals surface area contributed by atoms with Gasteiger partial charge in [0.25, 0.3) is 0 Å². The van der Waals surface area contributed by atoms with Crippen molar-refractivity contribution < 1.29 is 5.11 Å². The first-order chi connectivity index (χ1) is 10.1. The number of aliphatic hydroxyl groups excluding tert-OH is 1. The van der Waals surface area contributed by atoms with Crippen molar-refractivity contribution >= 4 is 10.9 Å². The molecule has 0 saturated carbocycles. The summed E-state index contributed by atoms with van der Waals surface area (Å²) >= 11 is 0. The Kier molecular flexibility index (Phi) is 3.96. The smallest absolute Gasteiger partial charge is 0.0708 e. The van der Waals surface area contributed by atoms with Crippen molar-refractivity contribution in [3.63, 3.8) is 0 Å². The maximum Gasteiger partial charge on any atom is 0.0708 e. The van der Waals surface area contributed by atoms with Gasteiger partial charge in [-0.1, -0.05) is 25.1 Å². The van der Waals surface area contributed by atoms with Gasteiger partial charge in [-0.05, 0) is 44.0 Å². The lowest BCUT2D eigenvalue weighted by Crippen LogP contribution is -2.43. The van der Waals surface area contributed by atoms with Crippen LogP contribution in [0.25, 0.3) is 10.9 Å². The lowest BCUT2D eigenvalue weighted by Gasteiger charge is -2.39. The Labute approximate surface area is 126 Å². The molecule has 1 fully saturated rings. The topological polar surface area (TPSA) is 36.4 Å². The molecular formula is C18H24N2O. The highest BCUT2D eigenvalue weighted by molar-refractivity contribution is 5.82. The molecule has 3 nitrogen and oxygen atoms in total. The summed E-state index contributed by atoms with van der Waals surface area (Å²) in [5.74, 6) is 0. The van der Waals surface area contributed by atoms with Gasteiger partial charge in [-0.3, -0.25) is 9.88 Å². The molecule has 0 spiro atoms. The van der Waals surface area contributed by atoms with Crippen LogP contribution >= 0.6 is 0 Å². The van der Waals surface area contributed by atoms with Crippen LogP contribution in [0.15, 0.2) is 30.3 Å². The Hall–Kier alpha value is -1.45. The number of pyridine rings is 1. The van der Waals surface area contributed by atoms with Crippen LogP contribution in [-0.2, 0) is 6.54 Å². The van der Waals surface area contributed by atoms with Gasteiger partial charge < -0.3 is 5.11 Å². The van der Waals surface area contributed by atoms with E-state index in [-0.39, 0.29) is 12.0 Å². The zero-order valence-corrected chi connectivity index (χ0v) is 13.0. The van der Waals surface area contributed by atoms with Gasteiger partial charge in [0.15, 0.2) is 0 Å². The lowest BCUT2D eigenvalue weighted by atomic mass is 9.82. The molecule has 0 radical (unpaired) electrons. The van der Waals surface area contributed by atoms with E-state index in [0.29, 0.717) is 0 Å². The summed E-state index contributed by atoms with van der Waals surface area (Å²) in [5, 5.41) is 10.9. The molecular weight excluding hydrogens is 260 g/mol. The Bertz CT molecular complexity index is 640. The molecule has 1 atom stereocenters. The molecule has 0 aliphatic carbocycles. The molecule has 3 heteroatoms.